The number of benzene rings is 1. The van der Waals surface area contributed by atoms with Crippen LogP contribution in [0.2, 0.25) is 0 Å². The summed E-state index contributed by atoms with van der Waals surface area (Å²) >= 11 is 0. The van der Waals surface area contributed by atoms with Crippen molar-refractivity contribution in [3.05, 3.63) is 41.5 Å². The van der Waals surface area contributed by atoms with Gasteiger partial charge in [0.15, 0.2) is 0 Å². The predicted molar refractivity (Wildman–Crippen MR) is 81.2 cm³/mol. The Balaban J connectivity index is 1.76. The zero-order valence-corrected chi connectivity index (χ0v) is 12.1. The van der Waals surface area contributed by atoms with E-state index in [4.69, 9.17) is 15.0 Å². The molecule has 5 nitrogen and oxygen atoms in total. The van der Waals surface area contributed by atoms with Gasteiger partial charge in [0.05, 0.1) is 0 Å². The third-order valence-corrected chi connectivity index (χ3v) is 3.71. The fourth-order valence-corrected chi connectivity index (χ4v) is 2.46. The molecule has 1 saturated heterocycles. The summed E-state index contributed by atoms with van der Waals surface area (Å²) in [6.07, 6.45) is 6.83. The molecule has 3 rings (SSSR count). The van der Waals surface area contributed by atoms with Gasteiger partial charge >= 0.3 is 0 Å². The first kappa shape index (κ1) is 13.8. The summed E-state index contributed by atoms with van der Waals surface area (Å²) in [6.45, 7) is 2.77. The van der Waals surface area contributed by atoms with Crippen molar-refractivity contribution in [3.63, 3.8) is 0 Å². The monoisotopic (exact) mass is 285 g/mol. The quantitative estimate of drug-likeness (QED) is 0.876. The average Bonchev–Trinajstić information content (AvgIpc) is 2.96. The molecule has 1 unspecified atom stereocenters. The molecular weight excluding hydrogens is 266 g/mol. The molecule has 2 aromatic rings. The Kier molecular flexibility index (Phi) is 3.75. The minimum absolute atomic E-state index is 0.426. The van der Waals surface area contributed by atoms with E-state index in [1.165, 1.54) is 0 Å². The Labute approximate surface area is 123 Å². The summed E-state index contributed by atoms with van der Waals surface area (Å²) in [5, 5.41) is 4.05. The van der Waals surface area contributed by atoms with Crippen molar-refractivity contribution < 1.29 is 9.26 Å². The van der Waals surface area contributed by atoms with Crippen molar-refractivity contribution in [2.45, 2.75) is 31.8 Å². The van der Waals surface area contributed by atoms with Gasteiger partial charge in [-0.05, 0) is 50.0 Å². The van der Waals surface area contributed by atoms with Crippen LogP contribution in [0.25, 0.3) is 12.2 Å². The van der Waals surface area contributed by atoms with Crippen LogP contribution in [0.3, 0.4) is 0 Å². The first-order chi connectivity index (χ1) is 10.2. The highest BCUT2D eigenvalue weighted by Gasteiger charge is 2.34. The van der Waals surface area contributed by atoms with Crippen LogP contribution in [0.15, 0.2) is 28.8 Å². The molecule has 1 fully saturated rings. The SMILES string of the molecule is CC1(c2noc(/C=C/c3cccc(N)c3)n2)CCCCO1. The lowest BCUT2D eigenvalue weighted by molar-refractivity contribution is -0.0770. The Morgan fingerprint density at radius 1 is 1.29 bits per heavy atom. The lowest BCUT2D eigenvalue weighted by Crippen LogP contribution is -2.31. The molecule has 2 N–H and O–H groups in total. The summed E-state index contributed by atoms with van der Waals surface area (Å²) in [5.74, 6) is 1.09. The molecular formula is C16H19N3O2. The van der Waals surface area contributed by atoms with Crippen LogP contribution in [0.5, 0.6) is 0 Å². The van der Waals surface area contributed by atoms with Gasteiger partial charge in [-0.25, -0.2) is 0 Å². The number of nitrogens with zero attached hydrogens (tertiary/aromatic N) is 2. The van der Waals surface area contributed by atoms with Gasteiger partial charge in [-0.15, -0.1) is 0 Å². The molecule has 5 heteroatoms. The second-order valence-electron chi connectivity index (χ2n) is 5.50. The van der Waals surface area contributed by atoms with E-state index in [1.54, 1.807) is 6.08 Å². The van der Waals surface area contributed by atoms with Gasteiger partial charge in [0.2, 0.25) is 5.82 Å². The van der Waals surface area contributed by atoms with Crippen molar-refractivity contribution >= 4 is 17.8 Å². The second kappa shape index (κ2) is 5.69. The third-order valence-electron chi connectivity index (χ3n) is 3.71. The highest BCUT2D eigenvalue weighted by Crippen LogP contribution is 2.32. The van der Waals surface area contributed by atoms with Gasteiger partial charge in [0.25, 0.3) is 5.89 Å². The molecule has 1 aliphatic rings. The number of hydrogen-bond acceptors (Lipinski definition) is 5. The standard InChI is InChI=1S/C16H19N3O2/c1-16(9-2-3-10-20-16)15-18-14(21-19-15)8-7-12-5-4-6-13(17)11-12/h4-8,11H,2-3,9-10,17H2,1H3/b8-7+. The molecule has 110 valence electrons. The van der Waals surface area contributed by atoms with Crippen molar-refractivity contribution in [2.75, 3.05) is 12.3 Å². The lowest BCUT2D eigenvalue weighted by atomic mass is 9.95. The van der Waals surface area contributed by atoms with Gasteiger partial charge < -0.3 is 15.0 Å². The molecule has 1 aromatic heterocycles. The predicted octanol–water partition coefficient (Wildman–Crippen LogP) is 3.24. The van der Waals surface area contributed by atoms with Crippen LogP contribution in [-0.4, -0.2) is 16.7 Å². The van der Waals surface area contributed by atoms with Gasteiger partial charge in [-0.3, -0.25) is 0 Å². The van der Waals surface area contributed by atoms with E-state index in [-0.39, 0.29) is 0 Å². The second-order valence-corrected chi connectivity index (χ2v) is 5.50. The number of ether oxygens (including phenoxy) is 1. The smallest absolute Gasteiger partial charge is 0.250 e. The van der Waals surface area contributed by atoms with E-state index >= 15 is 0 Å². The summed E-state index contributed by atoms with van der Waals surface area (Å²) in [5.41, 5.74) is 7.04. The molecule has 0 spiro atoms. The first-order valence-corrected chi connectivity index (χ1v) is 7.17. The van der Waals surface area contributed by atoms with Crippen LogP contribution < -0.4 is 5.73 Å². The van der Waals surface area contributed by atoms with Crippen LogP contribution in [0.4, 0.5) is 5.69 Å². The summed E-state index contributed by atoms with van der Waals surface area (Å²) in [4.78, 5) is 4.42. The molecule has 1 aromatic carbocycles. The molecule has 1 aliphatic heterocycles. The molecule has 1 atom stereocenters. The first-order valence-electron chi connectivity index (χ1n) is 7.17. The normalized spacial score (nSPS) is 22.7. The number of nitrogen functional groups attached to an aromatic ring is 1. The zero-order valence-electron chi connectivity index (χ0n) is 12.1. The van der Waals surface area contributed by atoms with Gasteiger partial charge in [0, 0.05) is 18.4 Å². The fourth-order valence-electron chi connectivity index (χ4n) is 2.46. The highest BCUT2D eigenvalue weighted by atomic mass is 16.5. The maximum Gasteiger partial charge on any atom is 0.250 e. The van der Waals surface area contributed by atoms with E-state index in [0.717, 1.165) is 37.1 Å². The van der Waals surface area contributed by atoms with Crippen molar-refractivity contribution in [1.82, 2.24) is 10.1 Å². The number of aromatic nitrogens is 2. The molecule has 0 saturated carbocycles. The van der Waals surface area contributed by atoms with Gasteiger partial charge in [0.1, 0.15) is 5.60 Å². The largest absolute Gasteiger partial charge is 0.399 e. The van der Waals surface area contributed by atoms with Crippen LogP contribution in [-0.2, 0) is 10.3 Å². The molecule has 2 heterocycles. The fraction of sp³-hybridized carbons (Fsp3) is 0.375. The van der Waals surface area contributed by atoms with Crippen LogP contribution >= 0.6 is 0 Å². The topological polar surface area (TPSA) is 74.2 Å². The lowest BCUT2D eigenvalue weighted by Gasteiger charge is -2.30. The summed E-state index contributed by atoms with van der Waals surface area (Å²) in [7, 11) is 0. The Bertz CT molecular complexity index is 642. The van der Waals surface area contributed by atoms with E-state index in [1.807, 2.05) is 37.3 Å². The zero-order chi connectivity index (χ0) is 14.7. The molecule has 0 amide bonds. The minimum Gasteiger partial charge on any atom is -0.399 e. The maximum atomic E-state index is 5.82. The highest BCUT2D eigenvalue weighted by molar-refractivity contribution is 5.67. The summed E-state index contributed by atoms with van der Waals surface area (Å²) in [6, 6.07) is 7.61. The van der Waals surface area contributed by atoms with E-state index in [0.29, 0.717) is 11.7 Å². The number of anilines is 1. The number of nitrogens with two attached hydrogens (primary N) is 1. The van der Waals surface area contributed by atoms with Gasteiger partial charge in [-0.2, -0.15) is 4.98 Å². The third kappa shape index (κ3) is 3.13. The van der Waals surface area contributed by atoms with Crippen LogP contribution in [0.1, 0.15) is 43.5 Å². The van der Waals surface area contributed by atoms with E-state index in [9.17, 15) is 0 Å². The number of rotatable bonds is 3. The maximum absolute atomic E-state index is 5.82. The summed E-state index contributed by atoms with van der Waals surface area (Å²) < 4.78 is 11.1. The van der Waals surface area contributed by atoms with E-state index < -0.39 is 5.60 Å². The van der Waals surface area contributed by atoms with Crippen molar-refractivity contribution in [3.8, 4) is 0 Å². The minimum atomic E-state index is -0.426. The van der Waals surface area contributed by atoms with E-state index in [2.05, 4.69) is 10.1 Å². The Morgan fingerprint density at radius 3 is 2.95 bits per heavy atom. The Hall–Kier alpha value is -2.14. The molecule has 0 aliphatic carbocycles. The van der Waals surface area contributed by atoms with Crippen LogP contribution in [0, 0.1) is 0 Å². The average molecular weight is 285 g/mol. The Morgan fingerprint density at radius 2 is 2.19 bits per heavy atom. The van der Waals surface area contributed by atoms with Crippen molar-refractivity contribution in [1.29, 1.82) is 0 Å². The van der Waals surface area contributed by atoms with Crippen molar-refractivity contribution in [2.24, 2.45) is 0 Å². The number of hydrogen-bond donors (Lipinski definition) is 1. The van der Waals surface area contributed by atoms with Gasteiger partial charge in [-0.1, -0.05) is 17.3 Å². The molecule has 0 radical (unpaired) electrons. The molecule has 21 heavy (non-hydrogen) atoms. The molecule has 0 bridgehead atoms.